The topological polar surface area (TPSA) is 53.1 Å². The van der Waals surface area contributed by atoms with E-state index in [0.29, 0.717) is 23.9 Å². The lowest BCUT2D eigenvalue weighted by Crippen LogP contribution is -2.08. The number of halogens is 1. The first-order valence-electron chi connectivity index (χ1n) is 6.29. The Morgan fingerprint density at radius 2 is 2.21 bits per heavy atom. The van der Waals surface area contributed by atoms with Gasteiger partial charge in [-0.2, -0.15) is 5.10 Å². The van der Waals surface area contributed by atoms with Crippen molar-refractivity contribution < 1.29 is 4.74 Å². The molecule has 1 aromatic heterocycles. The van der Waals surface area contributed by atoms with Gasteiger partial charge in [-0.05, 0) is 26.0 Å². The molecule has 0 unspecified atom stereocenters. The Kier molecular flexibility index (Phi) is 4.45. The highest BCUT2D eigenvalue weighted by atomic mass is 35.5. The van der Waals surface area contributed by atoms with Crippen molar-refractivity contribution in [2.24, 2.45) is 5.73 Å². The zero-order valence-corrected chi connectivity index (χ0v) is 11.9. The van der Waals surface area contributed by atoms with Crippen molar-refractivity contribution in [3.63, 3.8) is 0 Å². The molecule has 102 valence electrons. The van der Waals surface area contributed by atoms with E-state index in [-0.39, 0.29) is 0 Å². The van der Waals surface area contributed by atoms with E-state index in [1.807, 2.05) is 29.8 Å². The van der Waals surface area contributed by atoms with Gasteiger partial charge in [0.05, 0.1) is 16.4 Å². The molecule has 4 nitrogen and oxygen atoms in total. The van der Waals surface area contributed by atoms with Crippen molar-refractivity contribution in [1.29, 1.82) is 0 Å². The number of nitrogens with two attached hydrogens (primary N) is 1. The van der Waals surface area contributed by atoms with Crippen molar-refractivity contribution >= 4 is 11.6 Å². The van der Waals surface area contributed by atoms with Crippen LogP contribution in [0.2, 0.25) is 5.02 Å². The number of para-hydroxylation sites is 1. The largest absolute Gasteiger partial charge is 0.485 e. The molecule has 0 aliphatic heterocycles. The highest BCUT2D eigenvalue weighted by molar-refractivity contribution is 6.32. The third kappa shape index (κ3) is 3.08. The van der Waals surface area contributed by atoms with Gasteiger partial charge in [0.15, 0.2) is 0 Å². The maximum Gasteiger partial charge on any atom is 0.142 e. The third-order valence-electron chi connectivity index (χ3n) is 2.92. The van der Waals surface area contributed by atoms with Crippen LogP contribution in [0.1, 0.15) is 23.9 Å². The molecule has 2 aromatic rings. The van der Waals surface area contributed by atoms with E-state index >= 15 is 0 Å². The first-order valence-corrected chi connectivity index (χ1v) is 6.67. The molecule has 19 heavy (non-hydrogen) atoms. The monoisotopic (exact) mass is 279 g/mol. The van der Waals surface area contributed by atoms with E-state index in [1.54, 1.807) is 6.07 Å². The number of nitrogens with zero attached hydrogens (tertiary/aromatic N) is 2. The minimum atomic E-state index is 0.405. The quantitative estimate of drug-likeness (QED) is 0.916. The van der Waals surface area contributed by atoms with Crippen LogP contribution in [0.15, 0.2) is 24.3 Å². The predicted octanol–water partition coefficient (Wildman–Crippen LogP) is 2.90. The molecular weight excluding hydrogens is 262 g/mol. The van der Waals surface area contributed by atoms with Gasteiger partial charge in [0.1, 0.15) is 12.4 Å². The Hall–Kier alpha value is -1.52. The molecule has 2 N–H and O–H groups in total. The van der Waals surface area contributed by atoms with Crippen LogP contribution in [0.3, 0.4) is 0 Å². The van der Waals surface area contributed by atoms with Gasteiger partial charge in [-0.15, -0.1) is 0 Å². The molecule has 1 aromatic carbocycles. The summed E-state index contributed by atoms with van der Waals surface area (Å²) in [6.45, 7) is 5.68. The minimum Gasteiger partial charge on any atom is -0.485 e. The molecule has 5 heteroatoms. The third-order valence-corrected chi connectivity index (χ3v) is 3.22. The van der Waals surface area contributed by atoms with Crippen molar-refractivity contribution in [1.82, 2.24) is 9.78 Å². The first-order chi connectivity index (χ1) is 9.15. The molecule has 2 rings (SSSR count). The average Bonchev–Trinajstić information content (AvgIpc) is 2.77. The molecule has 0 radical (unpaired) electrons. The molecule has 0 fully saturated rings. The summed E-state index contributed by atoms with van der Waals surface area (Å²) in [7, 11) is 0. The van der Waals surface area contributed by atoms with Gasteiger partial charge in [0.2, 0.25) is 0 Å². The Balaban J connectivity index is 2.18. The number of ether oxygens (including phenoxy) is 1. The molecule has 0 saturated carbocycles. The number of aromatic nitrogens is 2. The lowest BCUT2D eigenvalue weighted by atomic mass is 10.2. The predicted molar refractivity (Wildman–Crippen MR) is 76.3 cm³/mol. The van der Waals surface area contributed by atoms with Crippen molar-refractivity contribution in [3.8, 4) is 5.75 Å². The summed E-state index contributed by atoms with van der Waals surface area (Å²) in [4.78, 5) is 0. The summed E-state index contributed by atoms with van der Waals surface area (Å²) >= 11 is 6.15. The number of aryl methyl sites for hydroxylation is 2. The van der Waals surface area contributed by atoms with Crippen LogP contribution in [0.5, 0.6) is 5.75 Å². The number of rotatable bonds is 5. The lowest BCUT2D eigenvalue weighted by molar-refractivity contribution is 0.290. The van der Waals surface area contributed by atoms with E-state index < -0.39 is 0 Å². The molecule has 1 heterocycles. The maximum absolute atomic E-state index is 6.15. The molecular formula is C14H18ClN3O. The van der Waals surface area contributed by atoms with Crippen LogP contribution >= 0.6 is 11.6 Å². The van der Waals surface area contributed by atoms with Crippen LogP contribution < -0.4 is 10.5 Å². The number of benzene rings is 1. The Labute approximate surface area is 118 Å². The SMILES string of the molecule is CCn1nc(C)cc1COc1c(Cl)cccc1CN. The average molecular weight is 280 g/mol. The second-order valence-electron chi connectivity index (χ2n) is 4.31. The van der Waals surface area contributed by atoms with Gasteiger partial charge >= 0.3 is 0 Å². The summed E-state index contributed by atoms with van der Waals surface area (Å²) < 4.78 is 7.75. The second kappa shape index (κ2) is 6.08. The van der Waals surface area contributed by atoms with Crippen LogP contribution in [-0.2, 0) is 19.7 Å². The van der Waals surface area contributed by atoms with E-state index in [2.05, 4.69) is 12.0 Å². The van der Waals surface area contributed by atoms with E-state index in [9.17, 15) is 0 Å². The van der Waals surface area contributed by atoms with E-state index in [0.717, 1.165) is 23.5 Å². The zero-order valence-electron chi connectivity index (χ0n) is 11.2. The second-order valence-corrected chi connectivity index (χ2v) is 4.72. The van der Waals surface area contributed by atoms with Gasteiger partial charge < -0.3 is 10.5 Å². The number of hydrogen-bond donors (Lipinski definition) is 1. The van der Waals surface area contributed by atoms with Gasteiger partial charge in [0.25, 0.3) is 0 Å². The van der Waals surface area contributed by atoms with E-state index in [4.69, 9.17) is 22.1 Å². The molecule has 0 amide bonds. The molecule has 0 spiro atoms. The molecule has 0 aliphatic rings. The number of hydrogen-bond acceptors (Lipinski definition) is 3. The van der Waals surface area contributed by atoms with Crippen LogP contribution in [0.4, 0.5) is 0 Å². The summed E-state index contributed by atoms with van der Waals surface area (Å²) in [6, 6.07) is 7.61. The standard InChI is InChI=1S/C14H18ClN3O/c1-3-18-12(7-10(2)17-18)9-19-14-11(8-16)5-4-6-13(14)15/h4-7H,3,8-9,16H2,1-2H3. The van der Waals surface area contributed by atoms with Gasteiger partial charge in [-0.1, -0.05) is 23.7 Å². The maximum atomic E-state index is 6.15. The Morgan fingerprint density at radius 1 is 1.42 bits per heavy atom. The van der Waals surface area contributed by atoms with Gasteiger partial charge in [0, 0.05) is 18.7 Å². The van der Waals surface area contributed by atoms with Crippen molar-refractivity contribution in [2.45, 2.75) is 33.5 Å². The van der Waals surface area contributed by atoms with Crippen molar-refractivity contribution in [2.75, 3.05) is 0 Å². The van der Waals surface area contributed by atoms with Gasteiger partial charge in [-0.3, -0.25) is 4.68 Å². The molecule has 0 atom stereocenters. The highest BCUT2D eigenvalue weighted by Gasteiger charge is 2.10. The van der Waals surface area contributed by atoms with Gasteiger partial charge in [-0.25, -0.2) is 0 Å². The minimum absolute atomic E-state index is 0.405. The molecule has 0 saturated heterocycles. The normalized spacial score (nSPS) is 10.7. The fraction of sp³-hybridized carbons (Fsp3) is 0.357. The van der Waals surface area contributed by atoms with Crippen LogP contribution in [-0.4, -0.2) is 9.78 Å². The Morgan fingerprint density at radius 3 is 2.89 bits per heavy atom. The molecule has 0 bridgehead atoms. The van der Waals surface area contributed by atoms with E-state index in [1.165, 1.54) is 0 Å². The fourth-order valence-electron chi connectivity index (χ4n) is 2.01. The summed E-state index contributed by atoms with van der Waals surface area (Å²) in [5, 5.41) is 4.97. The first kappa shape index (κ1) is 13.9. The van der Waals surface area contributed by atoms with Crippen LogP contribution in [0.25, 0.3) is 0 Å². The highest BCUT2D eigenvalue weighted by Crippen LogP contribution is 2.29. The Bertz CT molecular complexity index is 566. The lowest BCUT2D eigenvalue weighted by Gasteiger charge is -2.12. The summed E-state index contributed by atoms with van der Waals surface area (Å²) in [5.74, 6) is 0.660. The van der Waals surface area contributed by atoms with Crippen LogP contribution in [0, 0.1) is 6.92 Å². The smallest absolute Gasteiger partial charge is 0.142 e. The molecule has 0 aliphatic carbocycles. The fourth-order valence-corrected chi connectivity index (χ4v) is 2.26. The summed E-state index contributed by atoms with van der Waals surface area (Å²) in [5.41, 5.74) is 8.62. The zero-order chi connectivity index (χ0) is 13.8. The summed E-state index contributed by atoms with van der Waals surface area (Å²) in [6.07, 6.45) is 0. The van der Waals surface area contributed by atoms with Crippen molar-refractivity contribution in [3.05, 3.63) is 46.2 Å².